The van der Waals surface area contributed by atoms with Crippen LogP contribution in [-0.2, 0) is 16.1 Å². The van der Waals surface area contributed by atoms with Gasteiger partial charge in [-0.2, -0.15) is 0 Å². The number of hydrogen-bond donors (Lipinski definition) is 1. The van der Waals surface area contributed by atoms with Crippen molar-refractivity contribution in [3.63, 3.8) is 0 Å². The molecule has 0 unspecified atom stereocenters. The second kappa shape index (κ2) is 7.59. The molecule has 1 aliphatic rings. The Hall–Kier alpha value is -3.93. The number of urea groups is 1. The number of fused-ring (bicyclic) bond motifs is 1. The van der Waals surface area contributed by atoms with Crippen molar-refractivity contribution < 1.29 is 19.1 Å². The maximum atomic E-state index is 13.0. The van der Waals surface area contributed by atoms with Crippen LogP contribution in [0.25, 0.3) is 16.8 Å². The average molecular weight is 386 g/mol. The molecular formula is C23H18N2O4. The number of benzene rings is 3. The van der Waals surface area contributed by atoms with Gasteiger partial charge < -0.3 is 4.74 Å². The first-order chi connectivity index (χ1) is 14.1. The highest BCUT2D eigenvalue weighted by molar-refractivity contribution is 6.31. The number of ether oxygens (including phenoxy) is 1. The summed E-state index contributed by atoms with van der Waals surface area (Å²) in [5, 5.41) is 4.04. The maximum absolute atomic E-state index is 13.0. The molecule has 0 saturated carbocycles. The van der Waals surface area contributed by atoms with Crippen LogP contribution in [-0.4, -0.2) is 29.9 Å². The molecule has 1 heterocycles. The average Bonchev–Trinajstić information content (AvgIpc) is 2.74. The van der Waals surface area contributed by atoms with E-state index in [-0.39, 0.29) is 12.1 Å². The molecular weight excluding hydrogens is 368 g/mol. The summed E-state index contributed by atoms with van der Waals surface area (Å²) in [6.45, 7) is 0.0722. The Bertz CT molecular complexity index is 1150. The van der Waals surface area contributed by atoms with Crippen molar-refractivity contribution >= 4 is 34.7 Å². The van der Waals surface area contributed by atoms with E-state index < -0.39 is 17.8 Å². The van der Waals surface area contributed by atoms with Crippen LogP contribution in [0.5, 0.6) is 5.75 Å². The fourth-order valence-corrected chi connectivity index (χ4v) is 3.35. The molecule has 4 amide bonds. The van der Waals surface area contributed by atoms with Crippen LogP contribution in [0.4, 0.5) is 4.79 Å². The topological polar surface area (TPSA) is 75.7 Å². The first-order valence-corrected chi connectivity index (χ1v) is 9.07. The highest BCUT2D eigenvalue weighted by atomic mass is 16.5. The molecule has 6 nitrogen and oxygen atoms in total. The molecule has 4 rings (SSSR count). The lowest BCUT2D eigenvalue weighted by molar-refractivity contribution is -0.130. The number of rotatable bonds is 4. The predicted molar refractivity (Wildman–Crippen MR) is 109 cm³/mol. The zero-order chi connectivity index (χ0) is 20.4. The van der Waals surface area contributed by atoms with Crippen LogP contribution < -0.4 is 10.1 Å². The Morgan fingerprint density at radius 1 is 0.931 bits per heavy atom. The maximum Gasteiger partial charge on any atom is 0.331 e. The number of carbonyl (C=O) groups is 3. The summed E-state index contributed by atoms with van der Waals surface area (Å²) in [7, 11) is 1.53. The van der Waals surface area contributed by atoms with E-state index in [1.165, 1.54) is 13.2 Å². The normalized spacial score (nSPS) is 15.7. The molecule has 1 N–H and O–H groups in total. The van der Waals surface area contributed by atoms with Crippen LogP contribution in [0.2, 0.25) is 0 Å². The van der Waals surface area contributed by atoms with Crippen LogP contribution in [0.15, 0.2) is 72.3 Å². The summed E-state index contributed by atoms with van der Waals surface area (Å²) >= 11 is 0. The van der Waals surface area contributed by atoms with E-state index in [0.717, 1.165) is 21.2 Å². The first-order valence-electron chi connectivity index (χ1n) is 9.07. The summed E-state index contributed by atoms with van der Waals surface area (Å²) < 4.78 is 5.44. The molecule has 1 fully saturated rings. The van der Waals surface area contributed by atoms with E-state index in [9.17, 15) is 14.4 Å². The van der Waals surface area contributed by atoms with Crippen LogP contribution >= 0.6 is 0 Å². The van der Waals surface area contributed by atoms with Gasteiger partial charge in [0.25, 0.3) is 11.8 Å². The number of carbonyl (C=O) groups excluding carboxylic acids is 3. The van der Waals surface area contributed by atoms with Crippen molar-refractivity contribution in [2.45, 2.75) is 6.54 Å². The lowest BCUT2D eigenvalue weighted by atomic mass is 9.99. The van der Waals surface area contributed by atoms with Gasteiger partial charge in [0.2, 0.25) is 0 Å². The molecule has 144 valence electrons. The molecule has 29 heavy (non-hydrogen) atoms. The molecule has 0 radical (unpaired) electrons. The number of hydrogen-bond acceptors (Lipinski definition) is 4. The quantitative estimate of drug-likeness (QED) is 0.550. The summed E-state index contributed by atoms with van der Waals surface area (Å²) in [6.07, 6.45) is 1.49. The molecule has 3 aromatic carbocycles. The van der Waals surface area contributed by atoms with Gasteiger partial charge in [0.05, 0.1) is 13.7 Å². The molecule has 0 aromatic heterocycles. The van der Waals surface area contributed by atoms with Gasteiger partial charge in [-0.05, 0) is 28.5 Å². The number of barbiturate groups is 1. The molecule has 3 aromatic rings. The Kier molecular flexibility index (Phi) is 4.83. The fourth-order valence-electron chi connectivity index (χ4n) is 3.35. The number of nitrogens with one attached hydrogen (secondary N) is 1. The van der Waals surface area contributed by atoms with Crippen molar-refractivity contribution in [3.8, 4) is 5.75 Å². The third kappa shape index (κ3) is 3.48. The van der Waals surface area contributed by atoms with E-state index >= 15 is 0 Å². The molecule has 0 atom stereocenters. The smallest absolute Gasteiger partial charge is 0.331 e. The van der Waals surface area contributed by atoms with Crippen molar-refractivity contribution in [2.75, 3.05) is 7.11 Å². The van der Waals surface area contributed by atoms with Gasteiger partial charge in [-0.15, -0.1) is 0 Å². The molecule has 0 aliphatic carbocycles. The third-order valence-electron chi connectivity index (χ3n) is 4.81. The third-order valence-corrected chi connectivity index (χ3v) is 4.81. The number of amides is 4. The van der Waals surface area contributed by atoms with E-state index in [1.807, 2.05) is 60.7 Å². The van der Waals surface area contributed by atoms with Gasteiger partial charge in [-0.25, -0.2) is 4.79 Å². The van der Waals surface area contributed by atoms with Crippen LogP contribution in [0, 0.1) is 0 Å². The SMILES string of the molecule is COc1ccc2ccccc2c1/C=C1/C(=O)NC(=O)N(Cc2ccccc2)C1=O. The van der Waals surface area contributed by atoms with Crippen LogP contribution in [0.3, 0.4) is 0 Å². The van der Waals surface area contributed by atoms with Gasteiger partial charge in [0, 0.05) is 5.56 Å². The Morgan fingerprint density at radius 2 is 1.66 bits per heavy atom. The first kappa shape index (κ1) is 18.4. The number of nitrogens with zero attached hydrogens (tertiary/aromatic N) is 1. The second-order valence-electron chi connectivity index (χ2n) is 6.60. The second-order valence-corrected chi connectivity index (χ2v) is 6.60. The minimum absolute atomic E-state index is 0.0722. The lowest BCUT2D eigenvalue weighted by Crippen LogP contribution is -2.53. The van der Waals surface area contributed by atoms with Crippen molar-refractivity contribution in [2.24, 2.45) is 0 Å². The van der Waals surface area contributed by atoms with E-state index in [1.54, 1.807) is 6.07 Å². The zero-order valence-electron chi connectivity index (χ0n) is 15.7. The standard InChI is InChI=1S/C23H18N2O4/c1-29-20-12-11-16-9-5-6-10-17(16)18(20)13-19-21(26)24-23(28)25(22(19)27)14-15-7-3-2-4-8-15/h2-13H,14H2,1H3,(H,24,26,28)/b19-13-. The molecule has 0 spiro atoms. The van der Waals surface area contributed by atoms with Crippen molar-refractivity contribution in [1.29, 1.82) is 0 Å². The predicted octanol–water partition coefficient (Wildman–Crippen LogP) is 3.51. The van der Waals surface area contributed by atoms with Crippen LogP contribution in [0.1, 0.15) is 11.1 Å². The largest absolute Gasteiger partial charge is 0.496 e. The van der Waals surface area contributed by atoms with Crippen molar-refractivity contribution in [3.05, 3.63) is 83.4 Å². The highest BCUT2D eigenvalue weighted by Crippen LogP contribution is 2.31. The summed E-state index contributed by atoms with van der Waals surface area (Å²) in [6, 6.07) is 19.7. The Labute approximate surface area is 167 Å². The minimum atomic E-state index is -0.731. The molecule has 1 aliphatic heterocycles. The summed E-state index contributed by atoms with van der Waals surface area (Å²) in [4.78, 5) is 38.8. The fraction of sp³-hybridized carbons (Fsp3) is 0.0870. The van der Waals surface area contributed by atoms with Gasteiger partial charge in [0.15, 0.2) is 0 Å². The van der Waals surface area contributed by atoms with Gasteiger partial charge >= 0.3 is 6.03 Å². The number of methoxy groups -OCH3 is 1. The van der Waals surface area contributed by atoms with Gasteiger partial charge in [-0.3, -0.25) is 19.8 Å². The monoisotopic (exact) mass is 386 g/mol. The zero-order valence-corrected chi connectivity index (χ0v) is 15.7. The molecule has 1 saturated heterocycles. The van der Waals surface area contributed by atoms with Gasteiger partial charge in [0.1, 0.15) is 11.3 Å². The molecule has 0 bridgehead atoms. The minimum Gasteiger partial charge on any atom is -0.496 e. The Morgan fingerprint density at radius 3 is 2.41 bits per heavy atom. The lowest BCUT2D eigenvalue weighted by Gasteiger charge is -2.26. The highest BCUT2D eigenvalue weighted by Gasteiger charge is 2.36. The Balaban J connectivity index is 1.78. The van der Waals surface area contributed by atoms with Gasteiger partial charge in [-0.1, -0.05) is 60.7 Å². The van der Waals surface area contributed by atoms with E-state index in [0.29, 0.717) is 11.3 Å². The van der Waals surface area contributed by atoms with E-state index in [4.69, 9.17) is 4.74 Å². The molecule has 6 heteroatoms. The van der Waals surface area contributed by atoms with E-state index in [2.05, 4.69) is 5.32 Å². The summed E-state index contributed by atoms with van der Waals surface area (Å²) in [5.74, 6) is -0.833. The summed E-state index contributed by atoms with van der Waals surface area (Å²) in [5.41, 5.74) is 1.28. The number of imide groups is 2. The van der Waals surface area contributed by atoms with Crippen molar-refractivity contribution in [1.82, 2.24) is 10.2 Å².